The smallest absolute Gasteiger partial charge is 0.210 e. The number of carbonyl (C=O) groups is 1. The number of H-pyrrole nitrogens is 1. The van der Waals surface area contributed by atoms with Gasteiger partial charge in [-0.05, 0) is 40.5 Å². The van der Waals surface area contributed by atoms with Crippen molar-refractivity contribution in [2.24, 2.45) is 0 Å². The van der Waals surface area contributed by atoms with Crippen molar-refractivity contribution < 1.29 is 9.18 Å². The highest BCUT2D eigenvalue weighted by Gasteiger charge is 2.23. The van der Waals surface area contributed by atoms with Crippen LogP contribution in [0.1, 0.15) is 35.6 Å². The predicted octanol–water partition coefficient (Wildman–Crippen LogP) is 5.93. The van der Waals surface area contributed by atoms with Crippen molar-refractivity contribution in [3.63, 3.8) is 0 Å². The molecule has 1 saturated heterocycles. The lowest BCUT2D eigenvalue weighted by Crippen LogP contribution is -2.45. The Morgan fingerprint density at radius 3 is 2.74 bits per heavy atom. The summed E-state index contributed by atoms with van der Waals surface area (Å²) in [7, 11) is 0. The van der Waals surface area contributed by atoms with E-state index in [1.165, 1.54) is 12.1 Å². The normalized spacial score (nSPS) is 17.2. The lowest BCUT2D eigenvalue weighted by atomic mass is 9.92. The molecule has 5 rings (SSSR count). The van der Waals surface area contributed by atoms with Crippen LogP contribution in [0, 0.1) is 5.82 Å². The Kier molecular flexibility index (Phi) is 6.30. The first-order valence-corrected chi connectivity index (χ1v) is 11.9. The molecule has 2 aromatic heterocycles. The van der Waals surface area contributed by atoms with E-state index in [1.54, 1.807) is 0 Å². The largest absolute Gasteiger partial charge is 0.346 e. The second-order valence-electron chi connectivity index (χ2n) is 8.53. The van der Waals surface area contributed by atoms with E-state index in [1.807, 2.05) is 36.4 Å². The Balaban J connectivity index is 1.49. The molecule has 1 amide bonds. The third kappa shape index (κ3) is 4.06. The molecule has 8 heteroatoms. The molecule has 1 aliphatic heterocycles. The van der Waals surface area contributed by atoms with Gasteiger partial charge in [0.15, 0.2) is 0 Å². The quantitative estimate of drug-likeness (QED) is 0.266. The molecule has 0 spiro atoms. The minimum atomic E-state index is -0.493. The van der Waals surface area contributed by atoms with Gasteiger partial charge in [0.05, 0.1) is 11.1 Å². The maximum Gasteiger partial charge on any atom is 0.210 e. The van der Waals surface area contributed by atoms with Gasteiger partial charge in [0.25, 0.3) is 0 Å². The van der Waals surface area contributed by atoms with Crippen molar-refractivity contribution in [1.82, 2.24) is 20.2 Å². The predicted molar refractivity (Wildman–Crippen MR) is 134 cm³/mol. The van der Waals surface area contributed by atoms with Gasteiger partial charge in [-0.2, -0.15) is 0 Å². The Hall–Kier alpha value is -2.93. The van der Waals surface area contributed by atoms with Crippen molar-refractivity contribution in [2.75, 3.05) is 19.6 Å². The first-order valence-electron chi connectivity index (χ1n) is 11.1. The molecule has 2 N–H and O–H groups in total. The van der Waals surface area contributed by atoms with Crippen molar-refractivity contribution in [3.05, 3.63) is 87.4 Å². The fourth-order valence-corrected chi connectivity index (χ4v) is 5.39. The number of piperazine rings is 1. The number of fused-ring (bicyclic) bond motifs is 1. The summed E-state index contributed by atoms with van der Waals surface area (Å²) >= 11 is 12.7. The maximum absolute atomic E-state index is 14.1. The molecule has 0 radical (unpaired) electrons. The molecular formula is C26H23Cl2FN4O. The first-order chi connectivity index (χ1) is 16.5. The summed E-state index contributed by atoms with van der Waals surface area (Å²) in [6.07, 6.45) is 4.62. The number of rotatable bonds is 5. The van der Waals surface area contributed by atoms with Crippen molar-refractivity contribution in [2.45, 2.75) is 18.9 Å². The molecule has 0 aliphatic carbocycles. The number of amides is 1. The molecule has 4 aromatic rings. The summed E-state index contributed by atoms with van der Waals surface area (Å²) in [6.45, 7) is 4.20. The van der Waals surface area contributed by atoms with E-state index in [9.17, 15) is 9.18 Å². The van der Waals surface area contributed by atoms with Crippen LogP contribution in [0.2, 0.25) is 10.0 Å². The molecule has 34 heavy (non-hydrogen) atoms. The van der Waals surface area contributed by atoms with Crippen LogP contribution in [-0.4, -0.2) is 40.9 Å². The minimum absolute atomic E-state index is 0.0267. The number of hydrogen-bond donors (Lipinski definition) is 2. The summed E-state index contributed by atoms with van der Waals surface area (Å²) in [6, 6.07) is 13.1. The number of nitrogens with zero attached hydrogens (tertiary/aromatic N) is 2. The third-order valence-corrected chi connectivity index (χ3v) is 7.30. The molecule has 2 atom stereocenters. The van der Waals surface area contributed by atoms with E-state index in [2.05, 4.69) is 33.5 Å². The molecule has 0 saturated carbocycles. The van der Waals surface area contributed by atoms with Crippen LogP contribution in [0.25, 0.3) is 22.2 Å². The monoisotopic (exact) mass is 496 g/mol. The van der Waals surface area contributed by atoms with Crippen LogP contribution in [0.4, 0.5) is 4.39 Å². The Morgan fingerprint density at radius 2 is 1.97 bits per heavy atom. The van der Waals surface area contributed by atoms with Gasteiger partial charge in [-0.3, -0.25) is 4.79 Å². The number of aromatic amines is 1. The maximum atomic E-state index is 14.1. The van der Waals surface area contributed by atoms with Gasteiger partial charge in [-0.15, -0.1) is 0 Å². The average molecular weight is 497 g/mol. The SMILES string of the molecule is C[C@H](c1c(Cl)ccc(F)c1Cl)c1c[nH]c2ncc(-c3ccc(C4CNCCN4C=O)cc3)cc12. The lowest BCUT2D eigenvalue weighted by molar-refractivity contribution is -0.121. The van der Waals surface area contributed by atoms with Crippen LogP contribution in [0.15, 0.2) is 54.9 Å². The molecular weight excluding hydrogens is 474 g/mol. The number of aromatic nitrogens is 2. The van der Waals surface area contributed by atoms with E-state index in [0.717, 1.165) is 52.8 Å². The fourth-order valence-electron chi connectivity index (χ4n) is 4.69. The van der Waals surface area contributed by atoms with E-state index in [0.29, 0.717) is 17.1 Å². The number of pyridine rings is 1. The zero-order valence-electron chi connectivity index (χ0n) is 18.5. The molecule has 1 fully saturated rings. The van der Waals surface area contributed by atoms with Crippen LogP contribution in [0.5, 0.6) is 0 Å². The fraction of sp³-hybridized carbons (Fsp3) is 0.231. The van der Waals surface area contributed by atoms with Gasteiger partial charge >= 0.3 is 0 Å². The number of carbonyl (C=O) groups excluding carboxylic acids is 1. The highest BCUT2D eigenvalue weighted by atomic mass is 35.5. The summed E-state index contributed by atoms with van der Waals surface area (Å²) in [4.78, 5) is 21.1. The molecule has 3 heterocycles. The Bertz CT molecular complexity index is 1360. The van der Waals surface area contributed by atoms with Crippen molar-refractivity contribution >= 4 is 40.6 Å². The molecule has 0 bridgehead atoms. The number of nitrogens with one attached hydrogen (secondary N) is 2. The van der Waals surface area contributed by atoms with Gasteiger partial charge in [-0.1, -0.05) is 54.4 Å². The summed E-state index contributed by atoms with van der Waals surface area (Å²) in [5.74, 6) is -0.732. The average Bonchev–Trinajstić information content (AvgIpc) is 3.30. The number of hydrogen-bond acceptors (Lipinski definition) is 3. The number of halogens is 3. The molecule has 1 aliphatic rings. The van der Waals surface area contributed by atoms with E-state index in [4.69, 9.17) is 23.2 Å². The van der Waals surface area contributed by atoms with Crippen LogP contribution in [-0.2, 0) is 4.79 Å². The van der Waals surface area contributed by atoms with Gasteiger partial charge in [0.2, 0.25) is 6.41 Å². The second-order valence-corrected chi connectivity index (χ2v) is 9.31. The third-order valence-electron chi connectivity index (χ3n) is 6.59. The summed E-state index contributed by atoms with van der Waals surface area (Å²) in [5, 5.41) is 4.73. The zero-order chi connectivity index (χ0) is 23.8. The van der Waals surface area contributed by atoms with Crippen molar-refractivity contribution in [1.29, 1.82) is 0 Å². The molecule has 1 unspecified atom stereocenters. The minimum Gasteiger partial charge on any atom is -0.346 e. The van der Waals surface area contributed by atoms with Gasteiger partial charge in [0.1, 0.15) is 11.5 Å². The Morgan fingerprint density at radius 1 is 1.18 bits per heavy atom. The van der Waals surface area contributed by atoms with Crippen LogP contribution in [0.3, 0.4) is 0 Å². The molecule has 5 nitrogen and oxygen atoms in total. The highest BCUT2D eigenvalue weighted by Crippen LogP contribution is 2.39. The van der Waals surface area contributed by atoms with E-state index >= 15 is 0 Å². The summed E-state index contributed by atoms with van der Waals surface area (Å²) < 4.78 is 14.1. The highest BCUT2D eigenvalue weighted by molar-refractivity contribution is 6.36. The molecule has 2 aromatic carbocycles. The van der Waals surface area contributed by atoms with E-state index < -0.39 is 5.82 Å². The standard InChI is InChI=1S/C26H23Cl2FN4O/c1-15(24-21(27)6-7-22(29)25(24)28)20-12-32-26-19(20)10-18(11-31-26)16-2-4-17(5-3-16)23-13-30-8-9-33(23)14-34/h2-7,10-12,14-15,23,30H,8-9,13H2,1H3,(H,31,32)/t15-,23?/m0/s1. The van der Waals surface area contributed by atoms with Crippen LogP contribution < -0.4 is 5.32 Å². The Labute approximate surface area is 206 Å². The number of benzene rings is 2. The topological polar surface area (TPSA) is 61.0 Å². The first kappa shape index (κ1) is 22.8. The second kappa shape index (κ2) is 9.37. The zero-order valence-corrected chi connectivity index (χ0v) is 20.0. The lowest BCUT2D eigenvalue weighted by Gasteiger charge is -2.33. The van der Waals surface area contributed by atoms with Gasteiger partial charge in [-0.25, -0.2) is 9.37 Å². The van der Waals surface area contributed by atoms with Gasteiger partial charge < -0.3 is 15.2 Å². The molecule has 174 valence electrons. The van der Waals surface area contributed by atoms with Crippen LogP contribution >= 0.6 is 23.2 Å². The van der Waals surface area contributed by atoms with E-state index in [-0.39, 0.29) is 17.0 Å². The van der Waals surface area contributed by atoms with Gasteiger partial charge in [0, 0.05) is 53.9 Å². The summed E-state index contributed by atoms with van der Waals surface area (Å²) in [5.41, 5.74) is 5.29. The van der Waals surface area contributed by atoms with Crippen molar-refractivity contribution in [3.8, 4) is 11.1 Å².